The summed E-state index contributed by atoms with van der Waals surface area (Å²) in [5.74, 6) is 0.611. The van der Waals surface area contributed by atoms with Crippen LogP contribution in [0.5, 0.6) is 0 Å². The summed E-state index contributed by atoms with van der Waals surface area (Å²) in [6.45, 7) is 7.82. The van der Waals surface area contributed by atoms with Crippen LogP contribution < -0.4 is 16.2 Å². The molecule has 17 heavy (non-hydrogen) atoms. The molecule has 0 saturated heterocycles. The largest absolute Gasteiger partial charge is 0.359 e. The van der Waals surface area contributed by atoms with E-state index in [1.165, 1.54) is 0 Å². The molecular weight excluding hydrogens is 258 g/mol. The van der Waals surface area contributed by atoms with Gasteiger partial charge in [0.1, 0.15) is 0 Å². The maximum Gasteiger partial charge on any atom is 0.185 e. The van der Waals surface area contributed by atoms with Crippen LogP contribution in [0.15, 0.2) is 0 Å². The molecule has 0 radical (unpaired) electrons. The van der Waals surface area contributed by atoms with Gasteiger partial charge in [0.15, 0.2) is 16.1 Å². The highest BCUT2D eigenvalue weighted by Crippen LogP contribution is 2.19. The highest BCUT2D eigenvalue weighted by molar-refractivity contribution is 7.80. The van der Waals surface area contributed by atoms with Gasteiger partial charge in [0, 0.05) is 11.6 Å². The Morgan fingerprint density at radius 2 is 1.88 bits per heavy atom. The Hall–Kier alpha value is -1.14. The molecule has 5 nitrogen and oxygen atoms in total. The molecule has 0 atom stereocenters. The van der Waals surface area contributed by atoms with Gasteiger partial charge in [0.05, 0.1) is 0 Å². The number of hydrogen-bond acceptors (Lipinski definition) is 4. The Kier molecular flexibility index (Phi) is 4.89. The minimum absolute atomic E-state index is 0.274. The zero-order chi connectivity index (χ0) is 13.0. The van der Waals surface area contributed by atoms with Crippen LogP contribution in [0.25, 0.3) is 0 Å². The zero-order valence-electron chi connectivity index (χ0n) is 10.3. The van der Waals surface area contributed by atoms with Crippen LogP contribution in [-0.2, 0) is 0 Å². The predicted octanol–water partition coefficient (Wildman–Crippen LogP) is 1.95. The van der Waals surface area contributed by atoms with Gasteiger partial charge >= 0.3 is 0 Å². The van der Waals surface area contributed by atoms with Crippen LogP contribution in [0.3, 0.4) is 0 Å². The summed E-state index contributed by atoms with van der Waals surface area (Å²) in [7, 11) is 0. The average Bonchev–Trinajstić information content (AvgIpc) is 2.24. The van der Waals surface area contributed by atoms with Gasteiger partial charge in [-0.3, -0.25) is 10.9 Å². The normalized spacial score (nSPS) is 10.2. The lowest BCUT2D eigenvalue weighted by Crippen LogP contribution is -2.42. The Labute approximate surface area is 111 Å². The highest BCUT2D eigenvalue weighted by atomic mass is 35.5. The Balaban J connectivity index is 2.64. The van der Waals surface area contributed by atoms with E-state index in [4.69, 9.17) is 23.8 Å². The van der Waals surface area contributed by atoms with Gasteiger partial charge in [-0.1, -0.05) is 11.6 Å². The fourth-order valence-electron chi connectivity index (χ4n) is 1.11. The molecule has 3 N–H and O–H groups in total. The second-order valence-electron chi connectivity index (χ2n) is 3.97. The van der Waals surface area contributed by atoms with E-state index in [1.54, 1.807) is 0 Å². The van der Waals surface area contributed by atoms with Crippen molar-refractivity contribution in [3.8, 4) is 0 Å². The summed E-state index contributed by atoms with van der Waals surface area (Å²) >= 11 is 10.9. The summed E-state index contributed by atoms with van der Waals surface area (Å²) < 4.78 is 0. The number of nitrogens with one attached hydrogen (secondary N) is 3. The second kappa shape index (κ2) is 5.97. The molecule has 7 heteroatoms. The second-order valence-corrected chi connectivity index (χ2v) is 4.73. The molecule has 0 fully saturated rings. The molecule has 0 aliphatic rings. The first kappa shape index (κ1) is 13.9. The van der Waals surface area contributed by atoms with Crippen molar-refractivity contribution < 1.29 is 0 Å². The molecule has 0 aliphatic carbocycles. The molecule has 0 aliphatic heterocycles. The van der Waals surface area contributed by atoms with Crippen LogP contribution in [-0.4, -0.2) is 21.4 Å². The molecule has 0 spiro atoms. The minimum atomic E-state index is 0.274. The van der Waals surface area contributed by atoms with E-state index in [2.05, 4.69) is 26.4 Å². The van der Waals surface area contributed by atoms with E-state index in [-0.39, 0.29) is 6.04 Å². The molecule has 0 saturated carbocycles. The number of anilines is 1. The molecule has 0 unspecified atom stereocenters. The summed E-state index contributed by atoms with van der Waals surface area (Å²) in [4.78, 5) is 0. The lowest BCUT2D eigenvalue weighted by Gasteiger charge is -2.15. The van der Waals surface area contributed by atoms with Crippen LogP contribution in [0.2, 0.25) is 5.15 Å². The third-order valence-electron chi connectivity index (χ3n) is 2.18. The van der Waals surface area contributed by atoms with Gasteiger partial charge in [0.25, 0.3) is 0 Å². The van der Waals surface area contributed by atoms with Crippen molar-refractivity contribution in [3.05, 3.63) is 16.3 Å². The Morgan fingerprint density at radius 1 is 1.24 bits per heavy atom. The Morgan fingerprint density at radius 3 is 2.47 bits per heavy atom. The van der Waals surface area contributed by atoms with Crippen molar-refractivity contribution >= 4 is 34.7 Å². The number of thiocarbonyl (C=S) groups is 1. The number of hydrazine groups is 1. The van der Waals surface area contributed by atoms with Gasteiger partial charge in [-0.25, -0.2) is 0 Å². The summed E-state index contributed by atoms with van der Waals surface area (Å²) in [6.07, 6.45) is 0. The van der Waals surface area contributed by atoms with Crippen LogP contribution in [0, 0.1) is 13.8 Å². The van der Waals surface area contributed by atoms with Crippen LogP contribution >= 0.6 is 23.8 Å². The van der Waals surface area contributed by atoms with Crippen molar-refractivity contribution in [2.24, 2.45) is 0 Å². The molecule has 0 amide bonds. The minimum Gasteiger partial charge on any atom is -0.359 e. The monoisotopic (exact) mass is 273 g/mol. The van der Waals surface area contributed by atoms with Gasteiger partial charge in [-0.15, -0.1) is 10.2 Å². The van der Waals surface area contributed by atoms with Crippen molar-refractivity contribution in [2.75, 3.05) is 5.43 Å². The van der Waals surface area contributed by atoms with Gasteiger partial charge in [-0.2, -0.15) is 0 Å². The molecule has 1 heterocycles. The third kappa shape index (κ3) is 3.98. The number of nitrogens with zero attached hydrogens (tertiary/aromatic N) is 2. The zero-order valence-corrected chi connectivity index (χ0v) is 11.8. The van der Waals surface area contributed by atoms with Crippen molar-refractivity contribution in [1.82, 2.24) is 20.9 Å². The lowest BCUT2D eigenvalue weighted by molar-refractivity contribution is 0.723. The summed E-state index contributed by atoms with van der Waals surface area (Å²) in [5, 5.41) is 11.7. The van der Waals surface area contributed by atoms with Crippen LogP contribution in [0.1, 0.15) is 25.0 Å². The first-order chi connectivity index (χ1) is 7.91. The van der Waals surface area contributed by atoms with E-state index in [0.29, 0.717) is 16.1 Å². The maximum atomic E-state index is 5.86. The molecule has 1 aromatic heterocycles. The summed E-state index contributed by atoms with van der Waals surface area (Å²) in [5.41, 5.74) is 7.57. The molecule has 1 rings (SSSR count). The topological polar surface area (TPSA) is 61.9 Å². The lowest BCUT2D eigenvalue weighted by atomic mass is 10.2. The smallest absolute Gasteiger partial charge is 0.185 e. The predicted molar refractivity (Wildman–Crippen MR) is 74.1 cm³/mol. The number of hydrogen-bond donors (Lipinski definition) is 3. The fourth-order valence-corrected chi connectivity index (χ4v) is 1.58. The van der Waals surface area contributed by atoms with Gasteiger partial charge < -0.3 is 5.32 Å². The van der Waals surface area contributed by atoms with Crippen molar-refractivity contribution in [3.63, 3.8) is 0 Å². The SMILES string of the molecule is Cc1c(Cl)nnc(NNC(=S)NC(C)C)c1C. The van der Waals surface area contributed by atoms with E-state index in [1.807, 2.05) is 27.7 Å². The average molecular weight is 274 g/mol. The molecule has 0 bridgehead atoms. The first-order valence-electron chi connectivity index (χ1n) is 5.23. The van der Waals surface area contributed by atoms with Gasteiger partial charge in [0.2, 0.25) is 0 Å². The van der Waals surface area contributed by atoms with E-state index >= 15 is 0 Å². The first-order valence-corrected chi connectivity index (χ1v) is 6.02. The van der Waals surface area contributed by atoms with Crippen molar-refractivity contribution in [1.29, 1.82) is 0 Å². The number of rotatable bonds is 3. The Bertz CT molecular complexity index is 421. The van der Waals surface area contributed by atoms with E-state index in [0.717, 1.165) is 11.1 Å². The molecular formula is C10H16ClN5S. The number of halogens is 1. The fraction of sp³-hybridized carbons (Fsp3) is 0.500. The van der Waals surface area contributed by atoms with Crippen molar-refractivity contribution in [2.45, 2.75) is 33.7 Å². The molecule has 94 valence electrons. The van der Waals surface area contributed by atoms with Gasteiger partial charge in [-0.05, 0) is 45.5 Å². The summed E-state index contributed by atoms with van der Waals surface area (Å²) in [6, 6.07) is 0.274. The molecule has 0 aromatic carbocycles. The maximum absolute atomic E-state index is 5.86. The van der Waals surface area contributed by atoms with Crippen LogP contribution in [0.4, 0.5) is 5.82 Å². The third-order valence-corrected chi connectivity index (χ3v) is 2.76. The standard InChI is InChI=1S/C10H16ClN5S/c1-5(2)12-10(17)16-15-9-7(4)6(3)8(11)13-14-9/h5H,1-4H3,(H,14,15)(H2,12,16,17). The van der Waals surface area contributed by atoms with E-state index in [9.17, 15) is 0 Å². The van der Waals surface area contributed by atoms with E-state index < -0.39 is 0 Å². The number of aromatic nitrogens is 2. The highest BCUT2D eigenvalue weighted by Gasteiger charge is 2.08. The quantitative estimate of drug-likeness (QED) is 0.578. The molecule has 1 aromatic rings.